The first kappa shape index (κ1) is 11.3. The number of hydrogen-bond donors (Lipinski definition) is 1. The molecule has 2 rings (SSSR count). The van der Waals surface area contributed by atoms with Crippen LogP contribution in [0.1, 0.15) is 23.0 Å². The van der Waals surface area contributed by atoms with E-state index in [2.05, 4.69) is 15.0 Å². The third-order valence-corrected chi connectivity index (χ3v) is 2.20. The Kier molecular flexibility index (Phi) is 2.86. The molecule has 6 nitrogen and oxygen atoms in total. The first-order valence-corrected chi connectivity index (χ1v) is 5.15. The molecule has 6 heteroatoms. The van der Waals surface area contributed by atoms with Crippen LogP contribution >= 0.6 is 0 Å². The summed E-state index contributed by atoms with van der Waals surface area (Å²) in [4.78, 5) is 34.3. The van der Waals surface area contributed by atoms with Gasteiger partial charge in [0.1, 0.15) is 5.56 Å². The molecule has 0 bridgehead atoms. The van der Waals surface area contributed by atoms with Gasteiger partial charge in [0.2, 0.25) is 5.43 Å². The maximum atomic E-state index is 11.9. The number of aryl methyl sites for hydroxylation is 1. The van der Waals surface area contributed by atoms with E-state index in [4.69, 9.17) is 4.74 Å². The number of carbonyl (C=O) groups excluding carboxylic acids is 1. The quantitative estimate of drug-likeness (QED) is 0.775. The molecule has 0 amide bonds. The first-order chi connectivity index (χ1) is 8.13. The predicted octanol–water partition coefficient (Wildman–Crippen LogP) is 0.803. The second kappa shape index (κ2) is 4.32. The molecule has 0 aliphatic carbocycles. The summed E-state index contributed by atoms with van der Waals surface area (Å²) >= 11 is 0. The van der Waals surface area contributed by atoms with Crippen molar-refractivity contribution in [1.82, 2.24) is 15.0 Å². The van der Waals surface area contributed by atoms with Gasteiger partial charge in [-0.3, -0.25) is 4.79 Å². The molecule has 0 saturated heterocycles. The van der Waals surface area contributed by atoms with E-state index in [-0.39, 0.29) is 17.7 Å². The zero-order chi connectivity index (χ0) is 12.4. The highest BCUT2D eigenvalue weighted by molar-refractivity contribution is 5.91. The normalized spacial score (nSPS) is 10.5. The van der Waals surface area contributed by atoms with Gasteiger partial charge in [-0.25, -0.2) is 14.8 Å². The topological polar surface area (TPSA) is 84.9 Å². The van der Waals surface area contributed by atoms with Crippen LogP contribution in [-0.2, 0) is 4.74 Å². The number of fused-ring (bicyclic) bond motifs is 1. The van der Waals surface area contributed by atoms with E-state index in [1.165, 1.54) is 12.4 Å². The third kappa shape index (κ3) is 2.01. The predicted molar refractivity (Wildman–Crippen MR) is 60.9 cm³/mol. The highest BCUT2D eigenvalue weighted by Gasteiger charge is 2.14. The molecular weight excluding hydrogens is 222 g/mol. The number of rotatable bonds is 2. The van der Waals surface area contributed by atoms with Gasteiger partial charge in [0.15, 0.2) is 11.2 Å². The number of pyridine rings is 1. The molecule has 0 aliphatic heterocycles. The fourth-order valence-corrected chi connectivity index (χ4v) is 1.44. The van der Waals surface area contributed by atoms with E-state index < -0.39 is 11.4 Å². The molecule has 1 N–H and O–H groups in total. The molecule has 2 aromatic rings. The van der Waals surface area contributed by atoms with Crippen molar-refractivity contribution < 1.29 is 9.53 Å². The zero-order valence-corrected chi connectivity index (χ0v) is 9.48. The summed E-state index contributed by atoms with van der Waals surface area (Å²) in [6.07, 6.45) is 2.78. The lowest BCUT2D eigenvalue weighted by Crippen LogP contribution is -2.19. The summed E-state index contributed by atoms with van der Waals surface area (Å²) in [6, 6.07) is 0. The summed E-state index contributed by atoms with van der Waals surface area (Å²) in [5.74, 6) is -0.655. The fraction of sp³-hybridized carbons (Fsp3) is 0.273. The number of nitrogens with zero attached hydrogens (tertiary/aromatic N) is 2. The third-order valence-electron chi connectivity index (χ3n) is 2.20. The van der Waals surface area contributed by atoms with Crippen LogP contribution in [0.25, 0.3) is 11.2 Å². The lowest BCUT2D eigenvalue weighted by atomic mass is 10.2. The molecule has 0 unspecified atom stereocenters. The smallest absolute Gasteiger partial charge is 0.343 e. The largest absolute Gasteiger partial charge is 0.462 e. The average molecular weight is 233 g/mol. The Morgan fingerprint density at radius 1 is 1.53 bits per heavy atom. The molecule has 0 aliphatic rings. The molecule has 0 spiro atoms. The van der Waals surface area contributed by atoms with Gasteiger partial charge < -0.3 is 9.72 Å². The Balaban J connectivity index is 2.62. The second-order valence-electron chi connectivity index (χ2n) is 3.46. The summed E-state index contributed by atoms with van der Waals surface area (Å²) < 4.78 is 4.77. The van der Waals surface area contributed by atoms with Crippen molar-refractivity contribution in [2.24, 2.45) is 0 Å². The molecular formula is C11H11N3O3. The van der Waals surface area contributed by atoms with Crippen LogP contribution in [0, 0.1) is 6.92 Å². The molecule has 2 aromatic heterocycles. The lowest BCUT2D eigenvalue weighted by molar-refractivity contribution is 0.0524. The number of H-pyrrole nitrogens is 1. The maximum Gasteiger partial charge on any atom is 0.343 e. The van der Waals surface area contributed by atoms with Gasteiger partial charge in [0, 0.05) is 12.4 Å². The number of hydrogen-bond acceptors (Lipinski definition) is 5. The van der Waals surface area contributed by atoms with Gasteiger partial charge in [-0.15, -0.1) is 0 Å². The van der Waals surface area contributed by atoms with Crippen molar-refractivity contribution in [3.63, 3.8) is 0 Å². The second-order valence-corrected chi connectivity index (χ2v) is 3.46. The monoisotopic (exact) mass is 233 g/mol. The van der Waals surface area contributed by atoms with Crippen LogP contribution in [0.4, 0.5) is 0 Å². The standard InChI is InChI=1S/C11H11N3O3/c1-3-17-11(16)7-5-13-10-8(9(7)15)12-4-6(2)14-10/h4-5H,3H2,1-2H3,(H,13,14,15). The van der Waals surface area contributed by atoms with E-state index in [9.17, 15) is 9.59 Å². The van der Waals surface area contributed by atoms with E-state index in [0.29, 0.717) is 11.3 Å². The Bertz CT molecular complexity index is 633. The zero-order valence-electron chi connectivity index (χ0n) is 9.48. The van der Waals surface area contributed by atoms with E-state index in [1.807, 2.05) is 0 Å². The Morgan fingerprint density at radius 2 is 2.29 bits per heavy atom. The summed E-state index contributed by atoms with van der Waals surface area (Å²) in [6.45, 7) is 3.66. The van der Waals surface area contributed by atoms with Crippen LogP contribution in [-0.4, -0.2) is 27.5 Å². The van der Waals surface area contributed by atoms with Crippen LogP contribution < -0.4 is 5.43 Å². The SMILES string of the molecule is CCOC(=O)c1c[nH]c2nc(C)cnc2c1=O. The Hall–Kier alpha value is -2.24. The minimum atomic E-state index is -0.655. The van der Waals surface area contributed by atoms with Gasteiger partial charge in [0.05, 0.1) is 12.3 Å². The molecule has 0 radical (unpaired) electrons. The summed E-state index contributed by atoms with van der Waals surface area (Å²) in [7, 11) is 0. The molecule has 17 heavy (non-hydrogen) atoms. The number of aromatic nitrogens is 3. The van der Waals surface area contributed by atoms with Crippen LogP contribution in [0.5, 0.6) is 0 Å². The van der Waals surface area contributed by atoms with E-state index in [1.54, 1.807) is 13.8 Å². The number of aromatic amines is 1. The van der Waals surface area contributed by atoms with Crippen molar-refractivity contribution in [2.75, 3.05) is 6.61 Å². The Morgan fingerprint density at radius 3 is 3.00 bits per heavy atom. The molecule has 0 atom stereocenters. The number of ether oxygens (including phenoxy) is 1. The maximum absolute atomic E-state index is 11.9. The van der Waals surface area contributed by atoms with Gasteiger partial charge in [-0.05, 0) is 13.8 Å². The summed E-state index contributed by atoms with van der Waals surface area (Å²) in [5, 5.41) is 0. The molecule has 0 aromatic carbocycles. The lowest BCUT2D eigenvalue weighted by Gasteiger charge is -2.02. The number of carbonyl (C=O) groups is 1. The van der Waals surface area contributed by atoms with Gasteiger partial charge in [-0.1, -0.05) is 0 Å². The fourth-order valence-electron chi connectivity index (χ4n) is 1.44. The van der Waals surface area contributed by atoms with Gasteiger partial charge in [-0.2, -0.15) is 0 Å². The van der Waals surface area contributed by atoms with Crippen LogP contribution in [0.15, 0.2) is 17.2 Å². The van der Waals surface area contributed by atoms with Crippen LogP contribution in [0.3, 0.4) is 0 Å². The van der Waals surface area contributed by atoms with E-state index in [0.717, 1.165) is 0 Å². The van der Waals surface area contributed by atoms with Crippen molar-refractivity contribution in [3.8, 4) is 0 Å². The van der Waals surface area contributed by atoms with Gasteiger partial charge in [0.25, 0.3) is 0 Å². The van der Waals surface area contributed by atoms with Crippen molar-refractivity contribution in [3.05, 3.63) is 33.9 Å². The Labute approximate surface area is 96.7 Å². The molecule has 2 heterocycles. The van der Waals surface area contributed by atoms with E-state index >= 15 is 0 Å². The van der Waals surface area contributed by atoms with Gasteiger partial charge >= 0.3 is 5.97 Å². The van der Waals surface area contributed by atoms with Crippen molar-refractivity contribution in [1.29, 1.82) is 0 Å². The number of nitrogens with one attached hydrogen (secondary N) is 1. The summed E-state index contributed by atoms with van der Waals surface area (Å²) in [5.41, 5.74) is 0.670. The molecule has 0 saturated carbocycles. The molecule has 88 valence electrons. The highest BCUT2D eigenvalue weighted by atomic mass is 16.5. The minimum absolute atomic E-state index is 0.0579. The molecule has 0 fully saturated rings. The first-order valence-electron chi connectivity index (χ1n) is 5.15. The van der Waals surface area contributed by atoms with Crippen molar-refractivity contribution in [2.45, 2.75) is 13.8 Å². The van der Waals surface area contributed by atoms with Crippen LogP contribution in [0.2, 0.25) is 0 Å². The number of esters is 1. The highest BCUT2D eigenvalue weighted by Crippen LogP contribution is 2.04. The minimum Gasteiger partial charge on any atom is -0.462 e. The average Bonchev–Trinajstić information content (AvgIpc) is 2.29. The van der Waals surface area contributed by atoms with Crippen molar-refractivity contribution >= 4 is 17.1 Å².